The third kappa shape index (κ3) is 4.56. The Bertz CT molecular complexity index is 543. The fraction of sp³-hybridized carbons (Fsp3) is 0.529. The first-order valence-corrected chi connectivity index (χ1v) is 7.73. The Morgan fingerprint density at radius 3 is 2.59 bits per heavy atom. The van der Waals surface area contributed by atoms with Crippen LogP contribution in [-0.2, 0) is 4.74 Å². The van der Waals surface area contributed by atoms with E-state index in [9.17, 15) is 9.59 Å². The molecule has 1 atom stereocenters. The molecule has 22 heavy (non-hydrogen) atoms. The number of benzene rings is 1. The number of hydrogen-bond donors (Lipinski definition) is 2. The van der Waals surface area contributed by atoms with E-state index in [1.54, 1.807) is 45.0 Å². The van der Waals surface area contributed by atoms with Gasteiger partial charge < -0.3 is 10.1 Å². The van der Waals surface area contributed by atoms with Gasteiger partial charge in [-0.25, -0.2) is 4.79 Å². The summed E-state index contributed by atoms with van der Waals surface area (Å²) in [5, 5.41) is 5.92. The van der Waals surface area contributed by atoms with Gasteiger partial charge in [-0.05, 0) is 52.3 Å². The standard InChI is InChI=1S/C17H24N2O3/c1-17(2,3)22-16(21)19-13-9-5-4-8-12(13)15(20)14-10-6-7-11-18-14/h4-5,8-9,14,18H,6-7,10-11H2,1-3H3,(H,19,21). The van der Waals surface area contributed by atoms with E-state index < -0.39 is 11.7 Å². The highest BCUT2D eigenvalue weighted by Crippen LogP contribution is 2.21. The lowest BCUT2D eigenvalue weighted by atomic mass is 9.95. The van der Waals surface area contributed by atoms with E-state index in [-0.39, 0.29) is 11.8 Å². The molecule has 1 saturated heterocycles. The van der Waals surface area contributed by atoms with E-state index in [2.05, 4.69) is 10.6 Å². The van der Waals surface area contributed by atoms with Crippen molar-refractivity contribution in [3.8, 4) is 0 Å². The molecule has 5 heteroatoms. The number of anilines is 1. The second-order valence-corrected chi connectivity index (χ2v) is 6.54. The van der Waals surface area contributed by atoms with Crippen LogP contribution in [0.1, 0.15) is 50.4 Å². The Balaban J connectivity index is 2.12. The van der Waals surface area contributed by atoms with E-state index in [0.717, 1.165) is 25.8 Å². The Hall–Kier alpha value is -1.88. The molecule has 1 aromatic carbocycles. The average Bonchev–Trinajstić information content (AvgIpc) is 2.46. The zero-order chi connectivity index (χ0) is 16.2. The van der Waals surface area contributed by atoms with Crippen LogP contribution in [0.2, 0.25) is 0 Å². The number of ether oxygens (including phenoxy) is 1. The minimum Gasteiger partial charge on any atom is -0.444 e. The number of ketones is 1. The maximum absolute atomic E-state index is 12.6. The highest BCUT2D eigenvalue weighted by Gasteiger charge is 2.25. The molecule has 1 aliphatic rings. The minimum atomic E-state index is -0.575. The van der Waals surface area contributed by atoms with E-state index in [1.165, 1.54) is 0 Å². The smallest absolute Gasteiger partial charge is 0.412 e. The van der Waals surface area contributed by atoms with Gasteiger partial charge in [0.25, 0.3) is 0 Å². The Morgan fingerprint density at radius 1 is 1.23 bits per heavy atom. The number of Topliss-reactive ketones (excluding diaryl/α,β-unsaturated/α-hetero) is 1. The third-order valence-electron chi connectivity index (χ3n) is 3.45. The summed E-state index contributed by atoms with van der Waals surface area (Å²) in [4.78, 5) is 24.6. The van der Waals surface area contributed by atoms with Crippen molar-refractivity contribution < 1.29 is 14.3 Å². The van der Waals surface area contributed by atoms with Crippen molar-refractivity contribution in [3.05, 3.63) is 29.8 Å². The molecule has 0 aromatic heterocycles. The van der Waals surface area contributed by atoms with Crippen molar-refractivity contribution in [1.29, 1.82) is 0 Å². The number of hydrogen-bond acceptors (Lipinski definition) is 4. The van der Waals surface area contributed by atoms with Gasteiger partial charge in [0, 0.05) is 5.56 Å². The summed E-state index contributed by atoms with van der Waals surface area (Å²) in [6, 6.07) is 6.88. The molecule has 0 radical (unpaired) electrons. The van der Waals surface area contributed by atoms with Gasteiger partial charge in [0.2, 0.25) is 0 Å². The number of carbonyl (C=O) groups is 2. The lowest BCUT2D eigenvalue weighted by Gasteiger charge is -2.24. The Kier molecular flexibility index (Phi) is 5.19. The molecule has 1 aliphatic heterocycles. The van der Waals surface area contributed by atoms with Crippen molar-refractivity contribution >= 4 is 17.6 Å². The zero-order valence-corrected chi connectivity index (χ0v) is 13.4. The van der Waals surface area contributed by atoms with Crippen LogP contribution >= 0.6 is 0 Å². The van der Waals surface area contributed by atoms with Gasteiger partial charge in [0.05, 0.1) is 11.7 Å². The molecular formula is C17H24N2O3. The number of nitrogens with one attached hydrogen (secondary N) is 2. The van der Waals surface area contributed by atoms with Gasteiger partial charge in [0.1, 0.15) is 5.60 Å². The van der Waals surface area contributed by atoms with Crippen LogP contribution < -0.4 is 10.6 Å². The maximum Gasteiger partial charge on any atom is 0.412 e. The van der Waals surface area contributed by atoms with Crippen LogP contribution in [0, 0.1) is 0 Å². The predicted octanol–water partition coefficient (Wildman–Crippen LogP) is 3.36. The van der Waals surface area contributed by atoms with E-state index in [4.69, 9.17) is 4.74 Å². The van der Waals surface area contributed by atoms with Crippen LogP contribution in [0.15, 0.2) is 24.3 Å². The van der Waals surface area contributed by atoms with E-state index in [0.29, 0.717) is 11.3 Å². The zero-order valence-electron chi connectivity index (χ0n) is 13.4. The second-order valence-electron chi connectivity index (χ2n) is 6.54. The molecule has 5 nitrogen and oxygen atoms in total. The molecule has 1 fully saturated rings. The summed E-state index contributed by atoms with van der Waals surface area (Å²) in [6.45, 7) is 6.26. The highest BCUT2D eigenvalue weighted by atomic mass is 16.6. The molecule has 1 unspecified atom stereocenters. The largest absolute Gasteiger partial charge is 0.444 e. The van der Waals surface area contributed by atoms with Gasteiger partial charge >= 0.3 is 6.09 Å². The molecule has 0 bridgehead atoms. The van der Waals surface area contributed by atoms with E-state index >= 15 is 0 Å². The SMILES string of the molecule is CC(C)(C)OC(=O)Nc1ccccc1C(=O)C1CCCCN1. The lowest BCUT2D eigenvalue weighted by Crippen LogP contribution is -2.40. The number of carbonyl (C=O) groups excluding carboxylic acids is 2. The predicted molar refractivity (Wildman–Crippen MR) is 86.3 cm³/mol. The van der Waals surface area contributed by atoms with Crippen molar-refractivity contribution in [1.82, 2.24) is 5.32 Å². The molecule has 1 aromatic rings. The van der Waals surface area contributed by atoms with Crippen LogP contribution in [0.3, 0.4) is 0 Å². The van der Waals surface area contributed by atoms with Gasteiger partial charge in [-0.1, -0.05) is 18.6 Å². The summed E-state index contributed by atoms with van der Waals surface area (Å²) < 4.78 is 5.24. The van der Waals surface area contributed by atoms with Gasteiger partial charge in [0.15, 0.2) is 5.78 Å². The average molecular weight is 304 g/mol. The quantitative estimate of drug-likeness (QED) is 0.840. The van der Waals surface area contributed by atoms with Crippen LogP contribution in [0.4, 0.5) is 10.5 Å². The molecule has 0 spiro atoms. The monoisotopic (exact) mass is 304 g/mol. The first-order valence-electron chi connectivity index (χ1n) is 7.73. The van der Waals surface area contributed by atoms with Crippen molar-refractivity contribution in [2.45, 2.75) is 51.7 Å². The number of piperidine rings is 1. The Morgan fingerprint density at radius 2 is 1.95 bits per heavy atom. The van der Waals surface area contributed by atoms with Gasteiger partial charge in [-0.3, -0.25) is 10.1 Å². The lowest BCUT2D eigenvalue weighted by molar-refractivity contribution is 0.0636. The van der Waals surface area contributed by atoms with Gasteiger partial charge in [-0.2, -0.15) is 0 Å². The number of para-hydroxylation sites is 1. The number of rotatable bonds is 3. The highest BCUT2D eigenvalue weighted by molar-refractivity contribution is 6.06. The molecule has 2 rings (SSSR count). The maximum atomic E-state index is 12.6. The molecule has 1 amide bonds. The fourth-order valence-electron chi connectivity index (χ4n) is 2.48. The molecule has 120 valence electrons. The molecule has 0 aliphatic carbocycles. The first kappa shape index (κ1) is 16.5. The Labute approximate surface area is 131 Å². The van der Waals surface area contributed by atoms with Crippen LogP contribution in [-0.4, -0.2) is 30.1 Å². The van der Waals surface area contributed by atoms with Crippen LogP contribution in [0.25, 0.3) is 0 Å². The van der Waals surface area contributed by atoms with Crippen molar-refractivity contribution in [3.63, 3.8) is 0 Å². The molecule has 0 saturated carbocycles. The summed E-state index contributed by atoms with van der Waals surface area (Å²) in [5.74, 6) is 0.0198. The van der Waals surface area contributed by atoms with Crippen molar-refractivity contribution in [2.24, 2.45) is 0 Å². The first-order chi connectivity index (χ1) is 10.4. The molecule has 1 heterocycles. The molecular weight excluding hydrogens is 280 g/mol. The normalized spacial score (nSPS) is 18.6. The topological polar surface area (TPSA) is 67.4 Å². The summed E-state index contributed by atoms with van der Waals surface area (Å²) in [5.41, 5.74) is 0.440. The molecule has 2 N–H and O–H groups in total. The number of amides is 1. The third-order valence-corrected chi connectivity index (χ3v) is 3.45. The van der Waals surface area contributed by atoms with Crippen molar-refractivity contribution in [2.75, 3.05) is 11.9 Å². The van der Waals surface area contributed by atoms with Gasteiger partial charge in [-0.15, -0.1) is 0 Å². The summed E-state index contributed by atoms with van der Waals surface area (Å²) in [6.07, 6.45) is 2.43. The second kappa shape index (κ2) is 6.92. The summed E-state index contributed by atoms with van der Waals surface area (Å²) in [7, 11) is 0. The summed E-state index contributed by atoms with van der Waals surface area (Å²) >= 11 is 0. The van der Waals surface area contributed by atoms with Crippen LogP contribution in [0.5, 0.6) is 0 Å². The van der Waals surface area contributed by atoms with E-state index in [1.807, 2.05) is 0 Å². The minimum absolute atomic E-state index is 0.0198. The fourth-order valence-corrected chi connectivity index (χ4v) is 2.48.